The second-order valence-electron chi connectivity index (χ2n) is 20.9. The largest absolute Gasteiger partial charge is 0.462 e. The summed E-state index contributed by atoms with van der Waals surface area (Å²) < 4.78 is 16.9. The molecule has 0 aromatic heterocycles. The van der Waals surface area contributed by atoms with Gasteiger partial charge in [-0.1, -0.05) is 279 Å². The standard InChI is InChI=1S/C69H118O6/c1-4-7-10-13-16-19-22-24-26-28-30-32-33-34-35-37-38-40-42-44-47-50-53-56-59-62-68(71)74-65-66(64-73-67(70)61-58-55-52-49-46-21-18-15-12-9-6-3)75-69(72)63-60-57-54-51-48-45-43-41-39-36-31-29-27-25-23-20-17-14-11-8-5-2/h8,11,17,20,22,24-25,27-28,30-31,33-34,36,41,43,66H,4-7,9-10,12-16,18-19,21,23,26,29,32,35,37-40,42,44-65H2,1-3H3/b11-8-,20-17-,24-22-,27-25-,30-28-,34-33-,36-31-,43-41-. The summed E-state index contributed by atoms with van der Waals surface area (Å²) in [4.78, 5) is 38.2. The predicted octanol–water partition coefficient (Wildman–Crippen LogP) is 21.7. The summed E-state index contributed by atoms with van der Waals surface area (Å²) in [5, 5.41) is 0. The Morgan fingerprint density at radius 3 is 0.813 bits per heavy atom. The highest BCUT2D eigenvalue weighted by Crippen LogP contribution is 2.16. The number of allylic oxidation sites excluding steroid dienone is 16. The molecule has 0 amide bonds. The fourth-order valence-corrected chi connectivity index (χ4v) is 8.83. The van der Waals surface area contributed by atoms with Crippen LogP contribution in [0.5, 0.6) is 0 Å². The number of esters is 3. The van der Waals surface area contributed by atoms with Crippen LogP contribution in [0.25, 0.3) is 0 Å². The zero-order valence-electron chi connectivity index (χ0n) is 49.3. The van der Waals surface area contributed by atoms with Crippen molar-refractivity contribution in [1.29, 1.82) is 0 Å². The van der Waals surface area contributed by atoms with Crippen LogP contribution in [-0.2, 0) is 28.6 Å². The lowest BCUT2D eigenvalue weighted by Crippen LogP contribution is -2.30. The fraction of sp³-hybridized carbons (Fsp3) is 0.725. The maximum Gasteiger partial charge on any atom is 0.306 e. The number of unbranched alkanes of at least 4 members (excludes halogenated alkanes) is 30. The third kappa shape index (κ3) is 61.1. The van der Waals surface area contributed by atoms with Crippen molar-refractivity contribution in [1.82, 2.24) is 0 Å². The van der Waals surface area contributed by atoms with Crippen LogP contribution in [0.1, 0.15) is 303 Å². The highest BCUT2D eigenvalue weighted by Gasteiger charge is 2.19. The Kier molecular flexibility index (Phi) is 59.8. The molecule has 0 saturated carbocycles. The molecule has 0 fully saturated rings. The summed E-state index contributed by atoms with van der Waals surface area (Å²) in [6, 6.07) is 0. The molecule has 430 valence electrons. The van der Waals surface area contributed by atoms with Crippen molar-refractivity contribution in [2.45, 2.75) is 309 Å². The zero-order chi connectivity index (χ0) is 54.3. The van der Waals surface area contributed by atoms with Gasteiger partial charge in [0.1, 0.15) is 13.2 Å². The van der Waals surface area contributed by atoms with Crippen molar-refractivity contribution in [3.8, 4) is 0 Å². The van der Waals surface area contributed by atoms with E-state index in [1.54, 1.807) is 0 Å². The number of carbonyl (C=O) groups is 3. The van der Waals surface area contributed by atoms with E-state index in [-0.39, 0.29) is 31.1 Å². The highest BCUT2D eigenvalue weighted by atomic mass is 16.6. The van der Waals surface area contributed by atoms with Gasteiger partial charge >= 0.3 is 17.9 Å². The fourth-order valence-electron chi connectivity index (χ4n) is 8.83. The second-order valence-corrected chi connectivity index (χ2v) is 20.9. The van der Waals surface area contributed by atoms with E-state index in [1.807, 2.05) is 0 Å². The Labute approximate surface area is 464 Å². The van der Waals surface area contributed by atoms with Gasteiger partial charge in [0.05, 0.1) is 0 Å². The molecule has 0 aliphatic heterocycles. The van der Waals surface area contributed by atoms with E-state index in [0.717, 1.165) is 122 Å². The second kappa shape index (κ2) is 62.9. The third-order valence-corrected chi connectivity index (χ3v) is 13.6. The molecular weight excluding hydrogens is 925 g/mol. The lowest BCUT2D eigenvalue weighted by Gasteiger charge is -2.18. The molecular formula is C69H118O6. The van der Waals surface area contributed by atoms with Crippen molar-refractivity contribution in [3.63, 3.8) is 0 Å². The molecule has 6 nitrogen and oxygen atoms in total. The van der Waals surface area contributed by atoms with Crippen molar-refractivity contribution >= 4 is 17.9 Å². The summed E-state index contributed by atoms with van der Waals surface area (Å²) in [6.45, 7) is 6.51. The van der Waals surface area contributed by atoms with Crippen molar-refractivity contribution in [2.24, 2.45) is 0 Å². The molecule has 0 aromatic carbocycles. The van der Waals surface area contributed by atoms with Gasteiger partial charge in [-0.05, 0) is 103 Å². The van der Waals surface area contributed by atoms with Crippen LogP contribution in [0.3, 0.4) is 0 Å². The molecule has 0 aliphatic rings. The minimum atomic E-state index is -0.790. The molecule has 0 aromatic rings. The first-order valence-corrected chi connectivity index (χ1v) is 31.7. The monoisotopic (exact) mass is 1040 g/mol. The normalized spacial score (nSPS) is 12.7. The number of hydrogen-bond acceptors (Lipinski definition) is 6. The molecule has 0 rings (SSSR count). The van der Waals surface area contributed by atoms with Crippen LogP contribution < -0.4 is 0 Å². The highest BCUT2D eigenvalue weighted by molar-refractivity contribution is 5.71. The molecule has 75 heavy (non-hydrogen) atoms. The van der Waals surface area contributed by atoms with Crippen LogP contribution in [0.4, 0.5) is 0 Å². The molecule has 0 bridgehead atoms. The van der Waals surface area contributed by atoms with Crippen molar-refractivity contribution < 1.29 is 28.6 Å². The first-order chi connectivity index (χ1) is 37.0. The van der Waals surface area contributed by atoms with Gasteiger partial charge in [-0.2, -0.15) is 0 Å². The van der Waals surface area contributed by atoms with Gasteiger partial charge in [-0.15, -0.1) is 0 Å². The van der Waals surface area contributed by atoms with Gasteiger partial charge in [0.15, 0.2) is 6.10 Å². The number of hydrogen-bond donors (Lipinski definition) is 0. The summed E-state index contributed by atoms with van der Waals surface area (Å²) in [7, 11) is 0. The third-order valence-electron chi connectivity index (χ3n) is 13.6. The van der Waals surface area contributed by atoms with E-state index < -0.39 is 6.10 Å². The summed E-state index contributed by atoms with van der Waals surface area (Å²) in [5.74, 6) is -0.900. The van der Waals surface area contributed by atoms with Crippen LogP contribution >= 0.6 is 0 Å². The van der Waals surface area contributed by atoms with E-state index in [9.17, 15) is 14.4 Å². The van der Waals surface area contributed by atoms with Gasteiger partial charge in [-0.25, -0.2) is 0 Å². The predicted molar refractivity (Wildman–Crippen MR) is 325 cm³/mol. The average molecular weight is 1040 g/mol. The smallest absolute Gasteiger partial charge is 0.306 e. The minimum absolute atomic E-state index is 0.0849. The van der Waals surface area contributed by atoms with Crippen LogP contribution in [0, 0.1) is 0 Å². The Hall–Kier alpha value is -3.67. The Balaban J connectivity index is 4.33. The molecule has 6 heteroatoms. The van der Waals surface area contributed by atoms with Gasteiger partial charge < -0.3 is 14.2 Å². The van der Waals surface area contributed by atoms with E-state index in [0.29, 0.717) is 19.3 Å². The summed E-state index contributed by atoms with van der Waals surface area (Å²) in [5.41, 5.74) is 0. The van der Waals surface area contributed by atoms with Gasteiger partial charge in [0.2, 0.25) is 0 Å². The quantitative estimate of drug-likeness (QED) is 0.0261. The lowest BCUT2D eigenvalue weighted by molar-refractivity contribution is -0.167. The molecule has 0 N–H and O–H groups in total. The molecule has 0 spiro atoms. The number of ether oxygens (including phenoxy) is 3. The Morgan fingerprint density at radius 1 is 0.280 bits per heavy atom. The van der Waals surface area contributed by atoms with Crippen LogP contribution in [-0.4, -0.2) is 37.2 Å². The van der Waals surface area contributed by atoms with E-state index in [2.05, 4.69) is 118 Å². The number of rotatable bonds is 57. The van der Waals surface area contributed by atoms with Crippen molar-refractivity contribution in [2.75, 3.05) is 13.2 Å². The maximum atomic E-state index is 12.9. The molecule has 1 unspecified atom stereocenters. The molecule has 1 atom stereocenters. The molecule has 0 saturated heterocycles. The zero-order valence-corrected chi connectivity index (χ0v) is 49.3. The average Bonchev–Trinajstić information content (AvgIpc) is 3.41. The van der Waals surface area contributed by atoms with Crippen LogP contribution in [0.15, 0.2) is 97.2 Å². The van der Waals surface area contributed by atoms with E-state index >= 15 is 0 Å². The van der Waals surface area contributed by atoms with Gasteiger partial charge in [0.25, 0.3) is 0 Å². The Bertz CT molecular complexity index is 1480. The topological polar surface area (TPSA) is 78.9 Å². The first-order valence-electron chi connectivity index (χ1n) is 31.7. The molecule has 0 heterocycles. The Morgan fingerprint density at radius 2 is 0.520 bits per heavy atom. The summed E-state index contributed by atoms with van der Waals surface area (Å²) >= 11 is 0. The van der Waals surface area contributed by atoms with E-state index in [1.165, 1.54) is 141 Å². The van der Waals surface area contributed by atoms with Gasteiger partial charge in [-0.3, -0.25) is 14.4 Å². The van der Waals surface area contributed by atoms with Gasteiger partial charge in [0, 0.05) is 19.3 Å². The lowest BCUT2D eigenvalue weighted by atomic mass is 10.1. The molecule has 0 aliphatic carbocycles. The SMILES string of the molecule is CC/C=C\C/C=C\C/C=C\C/C=C\C/C=C\CCCCCCCC(=O)OC(COC(=O)CCCCCCCCCCCCC)COC(=O)CCCCCCCCCCCC/C=C\C/C=C\C/C=C\CCCCCCC. The maximum absolute atomic E-state index is 12.9. The number of carbonyl (C=O) groups excluding carboxylic acids is 3. The minimum Gasteiger partial charge on any atom is -0.462 e. The van der Waals surface area contributed by atoms with Crippen LogP contribution in [0.2, 0.25) is 0 Å². The van der Waals surface area contributed by atoms with Crippen molar-refractivity contribution in [3.05, 3.63) is 97.2 Å². The van der Waals surface area contributed by atoms with E-state index in [4.69, 9.17) is 14.2 Å². The molecule has 0 radical (unpaired) electrons. The first kappa shape index (κ1) is 71.3. The summed E-state index contributed by atoms with van der Waals surface area (Å²) in [6.07, 6.45) is 84.1.